The first-order valence-corrected chi connectivity index (χ1v) is 4.84. The zero-order chi connectivity index (χ0) is 11.0. The van der Waals surface area contributed by atoms with E-state index in [0.717, 1.165) is 23.5 Å². The Kier molecular flexibility index (Phi) is 2.19. The van der Waals surface area contributed by atoms with Crippen molar-refractivity contribution in [3.05, 3.63) is 35.3 Å². The number of pyridine rings is 1. The van der Waals surface area contributed by atoms with Gasteiger partial charge in [-0.2, -0.15) is 0 Å². The van der Waals surface area contributed by atoms with Crippen LogP contribution >= 0.6 is 0 Å². The number of aryl methyl sites for hydroxylation is 2. The molecule has 0 unspecified atom stereocenters. The summed E-state index contributed by atoms with van der Waals surface area (Å²) in [4.78, 5) is 15.2. The van der Waals surface area contributed by atoms with Crippen molar-refractivity contribution >= 4 is 11.6 Å². The van der Waals surface area contributed by atoms with Crippen LogP contribution in [0.3, 0.4) is 0 Å². The second-order valence-electron chi connectivity index (χ2n) is 3.45. The number of hydrogen-bond acceptors (Lipinski definition) is 2. The number of fused-ring (bicyclic) bond motifs is 1. The molecule has 0 bridgehead atoms. The average Bonchev–Trinajstić information content (AvgIpc) is 2.51. The highest BCUT2D eigenvalue weighted by Crippen LogP contribution is 2.13. The fourth-order valence-electron chi connectivity index (χ4n) is 1.76. The number of hydrogen-bond donors (Lipinski definition) is 1. The molecule has 0 aliphatic heterocycles. The lowest BCUT2D eigenvalue weighted by Gasteiger charge is -2.00. The van der Waals surface area contributed by atoms with E-state index in [1.807, 2.05) is 18.2 Å². The van der Waals surface area contributed by atoms with E-state index in [1.54, 1.807) is 18.3 Å². The standard InChI is InChI=1S/C11H12N2O2/c1-3-9-7(2)12-10-5-4-8(11(14)15)6-13(9)10/h4-6H,3H2,1-2H3,(H,14,15). The van der Waals surface area contributed by atoms with Gasteiger partial charge in [0.2, 0.25) is 0 Å². The Bertz CT molecular complexity index is 529. The van der Waals surface area contributed by atoms with Crippen LogP contribution in [0.25, 0.3) is 5.65 Å². The van der Waals surface area contributed by atoms with Crippen molar-refractivity contribution in [3.8, 4) is 0 Å². The number of nitrogens with zero attached hydrogens (tertiary/aromatic N) is 2. The topological polar surface area (TPSA) is 54.6 Å². The highest BCUT2D eigenvalue weighted by molar-refractivity contribution is 5.87. The molecule has 0 spiro atoms. The van der Waals surface area contributed by atoms with Gasteiger partial charge in [0.25, 0.3) is 0 Å². The van der Waals surface area contributed by atoms with Crippen molar-refractivity contribution < 1.29 is 9.90 Å². The Morgan fingerprint density at radius 1 is 1.53 bits per heavy atom. The van der Waals surface area contributed by atoms with E-state index in [-0.39, 0.29) is 5.56 Å². The molecule has 78 valence electrons. The molecule has 0 aliphatic rings. The summed E-state index contributed by atoms with van der Waals surface area (Å²) in [5, 5.41) is 8.88. The first kappa shape index (κ1) is 9.71. The van der Waals surface area contributed by atoms with Crippen LogP contribution in [0.4, 0.5) is 0 Å². The van der Waals surface area contributed by atoms with Crippen LogP contribution in [-0.4, -0.2) is 20.5 Å². The van der Waals surface area contributed by atoms with Crippen LogP contribution in [-0.2, 0) is 6.42 Å². The minimum absolute atomic E-state index is 0.287. The molecular formula is C11H12N2O2. The van der Waals surface area contributed by atoms with Gasteiger partial charge in [0.1, 0.15) is 5.65 Å². The number of rotatable bonds is 2. The average molecular weight is 204 g/mol. The minimum Gasteiger partial charge on any atom is -0.478 e. The fourth-order valence-corrected chi connectivity index (χ4v) is 1.76. The van der Waals surface area contributed by atoms with Crippen LogP contribution in [0.15, 0.2) is 18.3 Å². The van der Waals surface area contributed by atoms with Gasteiger partial charge in [-0.15, -0.1) is 0 Å². The Balaban J connectivity index is 2.73. The van der Waals surface area contributed by atoms with Gasteiger partial charge in [-0.25, -0.2) is 9.78 Å². The molecular weight excluding hydrogens is 192 g/mol. The molecule has 0 radical (unpaired) electrons. The van der Waals surface area contributed by atoms with E-state index >= 15 is 0 Å². The molecule has 4 nitrogen and oxygen atoms in total. The zero-order valence-electron chi connectivity index (χ0n) is 8.69. The van der Waals surface area contributed by atoms with Crippen LogP contribution < -0.4 is 0 Å². The molecule has 4 heteroatoms. The summed E-state index contributed by atoms with van der Waals surface area (Å²) in [5.41, 5.74) is 3.11. The molecule has 2 aromatic rings. The lowest BCUT2D eigenvalue weighted by atomic mass is 10.2. The van der Waals surface area contributed by atoms with E-state index in [0.29, 0.717) is 0 Å². The lowest BCUT2D eigenvalue weighted by Crippen LogP contribution is -2.00. The minimum atomic E-state index is -0.912. The summed E-state index contributed by atoms with van der Waals surface area (Å²) >= 11 is 0. The SMILES string of the molecule is CCc1c(C)nc2ccc(C(=O)O)cn12. The molecule has 0 saturated heterocycles. The lowest BCUT2D eigenvalue weighted by molar-refractivity contribution is 0.0696. The number of aromatic nitrogens is 2. The van der Waals surface area contributed by atoms with E-state index in [4.69, 9.17) is 5.11 Å². The van der Waals surface area contributed by atoms with Gasteiger partial charge >= 0.3 is 5.97 Å². The van der Waals surface area contributed by atoms with Crippen molar-refractivity contribution in [2.45, 2.75) is 20.3 Å². The quantitative estimate of drug-likeness (QED) is 0.812. The van der Waals surface area contributed by atoms with Gasteiger partial charge in [-0.3, -0.25) is 0 Å². The second-order valence-corrected chi connectivity index (χ2v) is 3.45. The normalized spacial score (nSPS) is 10.8. The third-order valence-electron chi connectivity index (χ3n) is 2.50. The summed E-state index contributed by atoms with van der Waals surface area (Å²) in [5.74, 6) is -0.912. The summed E-state index contributed by atoms with van der Waals surface area (Å²) in [6.45, 7) is 3.97. The van der Waals surface area contributed by atoms with Crippen molar-refractivity contribution in [1.29, 1.82) is 0 Å². The molecule has 0 aromatic carbocycles. The molecule has 2 aromatic heterocycles. The predicted octanol–water partition coefficient (Wildman–Crippen LogP) is 1.90. The van der Waals surface area contributed by atoms with E-state index in [9.17, 15) is 4.79 Å². The summed E-state index contributed by atoms with van der Waals surface area (Å²) in [6.07, 6.45) is 2.46. The molecule has 0 fully saturated rings. The maximum absolute atomic E-state index is 10.8. The predicted molar refractivity (Wildman–Crippen MR) is 56.3 cm³/mol. The van der Waals surface area contributed by atoms with Crippen molar-refractivity contribution in [2.24, 2.45) is 0 Å². The highest BCUT2D eigenvalue weighted by Gasteiger charge is 2.09. The van der Waals surface area contributed by atoms with Crippen molar-refractivity contribution in [3.63, 3.8) is 0 Å². The summed E-state index contributed by atoms with van der Waals surface area (Å²) < 4.78 is 1.85. The molecule has 0 atom stereocenters. The maximum Gasteiger partial charge on any atom is 0.337 e. The second kappa shape index (κ2) is 3.38. The first-order valence-electron chi connectivity index (χ1n) is 4.84. The largest absolute Gasteiger partial charge is 0.478 e. The fraction of sp³-hybridized carbons (Fsp3) is 0.273. The number of carboxylic acids is 1. The van der Waals surface area contributed by atoms with E-state index < -0.39 is 5.97 Å². The van der Waals surface area contributed by atoms with Gasteiger partial charge in [-0.05, 0) is 25.5 Å². The number of carboxylic acid groups (broad SMARTS) is 1. The van der Waals surface area contributed by atoms with Crippen LogP contribution in [0, 0.1) is 6.92 Å². The maximum atomic E-state index is 10.8. The molecule has 2 rings (SSSR count). The third kappa shape index (κ3) is 1.48. The number of imidazole rings is 1. The zero-order valence-corrected chi connectivity index (χ0v) is 8.69. The molecule has 15 heavy (non-hydrogen) atoms. The monoisotopic (exact) mass is 204 g/mol. The van der Waals surface area contributed by atoms with Gasteiger partial charge in [0, 0.05) is 11.9 Å². The molecule has 1 N–H and O–H groups in total. The Morgan fingerprint density at radius 2 is 2.27 bits per heavy atom. The first-order chi connectivity index (χ1) is 7.13. The smallest absolute Gasteiger partial charge is 0.337 e. The van der Waals surface area contributed by atoms with Gasteiger partial charge in [0.15, 0.2) is 0 Å². The third-order valence-corrected chi connectivity index (χ3v) is 2.50. The van der Waals surface area contributed by atoms with Crippen LogP contribution in [0.1, 0.15) is 28.7 Å². The van der Waals surface area contributed by atoms with E-state index in [1.165, 1.54) is 0 Å². The Labute approximate surface area is 87.2 Å². The molecule has 0 amide bonds. The van der Waals surface area contributed by atoms with Crippen molar-refractivity contribution in [1.82, 2.24) is 9.38 Å². The Morgan fingerprint density at radius 3 is 2.87 bits per heavy atom. The molecule has 2 heterocycles. The van der Waals surface area contributed by atoms with Gasteiger partial charge in [-0.1, -0.05) is 6.92 Å². The van der Waals surface area contributed by atoms with Crippen LogP contribution in [0.2, 0.25) is 0 Å². The van der Waals surface area contributed by atoms with Gasteiger partial charge < -0.3 is 9.51 Å². The molecule has 0 aliphatic carbocycles. The summed E-state index contributed by atoms with van der Waals surface area (Å²) in [7, 11) is 0. The van der Waals surface area contributed by atoms with Crippen molar-refractivity contribution in [2.75, 3.05) is 0 Å². The van der Waals surface area contributed by atoms with Gasteiger partial charge in [0.05, 0.1) is 11.3 Å². The highest BCUT2D eigenvalue weighted by atomic mass is 16.4. The Hall–Kier alpha value is -1.84. The summed E-state index contributed by atoms with van der Waals surface area (Å²) in [6, 6.07) is 3.30. The van der Waals surface area contributed by atoms with Crippen LogP contribution in [0.5, 0.6) is 0 Å². The molecule has 0 saturated carbocycles. The number of aromatic carboxylic acids is 1. The number of carbonyl (C=O) groups is 1. The van der Waals surface area contributed by atoms with E-state index in [2.05, 4.69) is 4.98 Å².